The summed E-state index contributed by atoms with van der Waals surface area (Å²) in [5.74, 6) is 0. The molecule has 1 aromatic heterocycles. The zero-order valence-electron chi connectivity index (χ0n) is 14.8. The summed E-state index contributed by atoms with van der Waals surface area (Å²) in [7, 11) is 0. The van der Waals surface area contributed by atoms with Gasteiger partial charge in [0.1, 0.15) is 5.69 Å². The van der Waals surface area contributed by atoms with E-state index in [9.17, 15) is 10.1 Å². The van der Waals surface area contributed by atoms with Crippen molar-refractivity contribution in [3.63, 3.8) is 0 Å². The molecule has 6 nitrogen and oxygen atoms in total. The average molecular weight is 358 g/mol. The Morgan fingerprint density at radius 3 is 2.59 bits per heavy atom. The molecule has 4 aromatic rings. The van der Waals surface area contributed by atoms with E-state index in [2.05, 4.69) is 46.3 Å². The Balaban J connectivity index is 1.68. The van der Waals surface area contributed by atoms with Gasteiger partial charge in [0.2, 0.25) is 0 Å². The number of fused-ring (bicyclic) bond motifs is 3. The topological polar surface area (TPSA) is 72.5 Å². The van der Waals surface area contributed by atoms with Crippen molar-refractivity contribution in [1.29, 1.82) is 0 Å². The molecule has 0 fully saturated rings. The van der Waals surface area contributed by atoms with E-state index in [4.69, 9.17) is 0 Å². The minimum absolute atomic E-state index is 0.00359. The molecule has 27 heavy (non-hydrogen) atoms. The number of hydrogen-bond donors (Lipinski definition) is 1. The van der Waals surface area contributed by atoms with Gasteiger partial charge in [-0.15, -0.1) is 0 Å². The zero-order chi connectivity index (χ0) is 18.8. The lowest BCUT2D eigenvalue weighted by molar-refractivity contribution is -0.384. The Morgan fingerprint density at radius 1 is 1.04 bits per heavy atom. The molecule has 0 bridgehead atoms. The number of rotatable bonds is 5. The lowest BCUT2D eigenvalue weighted by Crippen LogP contribution is -1.96. The second-order valence-corrected chi connectivity index (χ2v) is 6.18. The highest BCUT2D eigenvalue weighted by molar-refractivity contribution is 6.09. The van der Waals surface area contributed by atoms with Crippen LogP contribution in [0.3, 0.4) is 0 Å². The lowest BCUT2D eigenvalue weighted by Gasteiger charge is -2.03. The first kappa shape index (κ1) is 16.8. The van der Waals surface area contributed by atoms with Crippen molar-refractivity contribution in [2.24, 2.45) is 5.10 Å². The fourth-order valence-corrected chi connectivity index (χ4v) is 3.40. The first-order valence-electron chi connectivity index (χ1n) is 8.72. The number of aromatic nitrogens is 1. The van der Waals surface area contributed by atoms with Gasteiger partial charge in [-0.2, -0.15) is 5.10 Å². The Morgan fingerprint density at radius 2 is 1.78 bits per heavy atom. The quantitative estimate of drug-likeness (QED) is 0.304. The van der Waals surface area contributed by atoms with E-state index in [-0.39, 0.29) is 5.69 Å². The number of aryl methyl sites for hydroxylation is 1. The summed E-state index contributed by atoms with van der Waals surface area (Å²) in [4.78, 5) is 10.6. The number of nitrogens with one attached hydrogen (secondary N) is 1. The third kappa shape index (κ3) is 3.01. The predicted octanol–water partition coefficient (Wildman–Crippen LogP) is 5.17. The van der Waals surface area contributed by atoms with Crippen LogP contribution in [0.25, 0.3) is 21.8 Å². The number of nitro benzene ring substituents is 1. The summed E-state index contributed by atoms with van der Waals surface area (Å²) in [6.07, 6.45) is 1.67. The van der Waals surface area contributed by atoms with E-state index in [1.54, 1.807) is 24.4 Å². The number of hydrogen-bond acceptors (Lipinski definition) is 4. The van der Waals surface area contributed by atoms with Gasteiger partial charge in [-0.25, -0.2) is 0 Å². The summed E-state index contributed by atoms with van der Waals surface area (Å²) in [6, 6.07) is 21.0. The van der Waals surface area contributed by atoms with Gasteiger partial charge in [0.15, 0.2) is 0 Å². The van der Waals surface area contributed by atoms with Crippen molar-refractivity contribution in [3.8, 4) is 0 Å². The van der Waals surface area contributed by atoms with E-state index in [0.717, 1.165) is 12.1 Å². The Bertz CT molecular complexity index is 1180. The number of benzene rings is 3. The van der Waals surface area contributed by atoms with Gasteiger partial charge in [-0.1, -0.05) is 36.4 Å². The molecule has 0 saturated carbocycles. The SMILES string of the molecule is CCn1c2ccccc2c2cc(C=NNc3ccccc3[N+](=O)[O-])ccc21. The molecule has 0 aliphatic carbocycles. The van der Waals surface area contributed by atoms with Crippen molar-refractivity contribution in [1.82, 2.24) is 4.57 Å². The highest BCUT2D eigenvalue weighted by atomic mass is 16.6. The van der Waals surface area contributed by atoms with Gasteiger partial charge in [0.25, 0.3) is 5.69 Å². The van der Waals surface area contributed by atoms with Crippen LogP contribution < -0.4 is 5.43 Å². The van der Waals surface area contributed by atoms with E-state index in [1.807, 2.05) is 18.2 Å². The minimum atomic E-state index is -0.427. The van der Waals surface area contributed by atoms with Gasteiger partial charge in [0.05, 0.1) is 11.1 Å². The monoisotopic (exact) mass is 358 g/mol. The van der Waals surface area contributed by atoms with Crippen molar-refractivity contribution in [3.05, 3.63) is 82.4 Å². The smallest absolute Gasteiger partial charge is 0.294 e. The Hall–Kier alpha value is -3.67. The highest BCUT2D eigenvalue weighted by Crippen LogP contribution is 2.29. The van der Waals surface area contributed by atoms with E-state index < -0.39 is 4.92 Å². The third-order valence-corrected chi connectivity index (χ3v) is 4.61. The maximum Gasteiger partial charge on any atom is 0.294 e. The average Bonchev–Trinajstić information content (AvgIpc) is 3.01. The van der Waals surface area contributed by atoms with Crippen molar-refractivity contribution < 1.29 is 4.92 Å². The maximum atomic E-state index is 11.1. The first-order valence-corrected chi connectivity index (χ1v) is 8.72. The van der Waals surface area contributed by atoms with Gasteiger partial charge in [-0.3, -0.25) is 15.5 Å². The van der Waals surface area contributed by atoms with Gasteiger partial charge < -0.3 is 4.57 Å². The summed E-state index contributed by atoms with van der Waals surface area (Å²) in [5, 5.41) is 17.6. The van der Waals surface area contributed by atoms with Crippen LogP contribution in [0, 0.1) is 10.1 Å². The fourth-order valence-electron chi connectivity index (χ4n) is 3.40. The molecule has 0 amide bonds. The predicted molar refractivity (Wildman–Crippen MR) is 109 cm³/mol. The van der Waals surface area contributed by atoms with Crippen LogP contribution in [-0.4, -0.2) is 15.7 Å². The van der Waals surface area contributed by atoms with Crippen LogP contribution in [0.2, 0.25) is 0 Å². The first-order chi connectivity index (χ1) is 13.2. The van der Waals surface area contributed by atoms with Crippen LogP contribution in [0.1, 0.15) is 12.5 Å². The molecular weight excluding hydrogens is 340 g/mol. The molecule has 4 rings (SSSR count). The van der Waals surface area contributed by atoms with Gasteiger partial charge in [-0.05, 0) is 36.8 Å². The van der Waals surface area contributed by atoms with E-state index in [1.165, 1.54) is 27.9 Å². The molecule has 1 heterocycles. The summed E-state index contributed by atoms with van der Waals surface area (Å²) in [5.41, 5.74) is 6.44. The molecule has 0 unspecified atom stereocenters. The number of para-hydroxylation sites is 3. The fraction of sp³-hybridized carbons (Fsp3) is 0.0952. The third-order valence-electron chi connectivity index (χ3n) is 4.61. The number of hydrazone groups is 1. The normalized spacial score (nSPS) is 11.4. The number of anilines is 1. The second-order valence-electron chi connectivity index (χ2n) is 6.18. The molecule has 134 valence electrons. The minimum Gasteiger partial charge on any atom is -0.341 e. The van der Waals surface area contributed by atoms with Crippen LogP contribution in [0.5, 0.6) is 0 Å². The lowest BCUT2D eigenvalue weighted by atomic mass is 10.1. The van der Waals surface area contributed by atoms with Crippen molar-refractivity contribution in [2.75, 3.05) is 5.43 Å². The largest absolute Gasteiger partial charge is 0.341 e. The Kier molecular flexibility index (Phi) is 4.30. The molecule has 0 aliphatic heterocycles. The molecule has 1 N–H and O–H groups in total. The summed E-state index contributed by atoms with van der Waals surface area (Å²) >= 11 is 0. The molecule has 6 heteroatoms. The molecule has 3 aromatic carbocycles. The summed E-state index contributed by atoms with van der Waals surface area (Å²) in [6.45, 7) is 3.04. The van der Waals surface area contributed by atoms with Gasteiger partial charge in [0, 0.05) is 34.4 Å². The summed E-state index contributed by atoms with van der Waals surface area (Å²) < 4.78 is 2.29. The van der Waals surface area contributed by atoms with Crippen LogP contribution in [-0.2, 0) is 6.54 Å². The van der Waals surface area contributed by atoms with Crippen LogP contribution >= 0.6 is 0 Å². The van der Waals surface area contributed by atoms with E-state index >= 15 is 0 Å². The molecule has 0 saturated heterocycles. The highest BCUT2D eigenvalue weighted by Gasteiger charge is 2.11. The molecule has 0 aliphatic rings. The van der Waals surface area contributed by atoms with Crippen LogP contribution in [0.4, 0.5) is 11.4 Å². The molecule has 0 radical (unpaired) electrons. The second kappa shape index (κ2) is 6.92. The zero-order valence-corrected chi connectivity index (χ0v) is 14.8. The van der Waals surface area contributed by atoms with Crippen molar-refractivity contribution in [2.45, 2.75) is 13.5 Å². The van der Waals surface area contributed by atoms with Crippen molar-refractivity contribution >= 4 is 39.4 Å². The molecule has 0 atom stereocenters. The Labute approximate surface area is 155 Å². The number of nitro groups is 1. The van der Waals surface area contributed by atoms with Gasteiger partial charge >= 0.3 is 0 Å². The maximum absolute atomic E-state index is 11.1. The van der Waals surface area contributed by atoms with Crippen LogP contribution in [0.15, 0.2) is 71.8 Å². The molecular formula is C21H18N4O2. The standard InChI is InChI=1S/C21H18N4O2/c1-2-24-19-9-5-3-7-16(19)17-13-15(11-12-20(17)24)14-22-23-18-8-4-6-10-21(18)25(26)27/h3-14,23H,2H2,1H3. The van der Waals surface area contributed by atoms with E-state index in [0.29, 0.717) is 5.69 Å². The number of nitrogens with zero attached hydrogens (tertiary/aromatic N) is 3. The molecule has 0 spiro atoms.